The second-order valence-electron chi connectivity index (χ2n) is 5.82. The minimum atomic E-state index is 0.820. The Labute approximate surface area is 126 Å². The van der Waals surface area contributed by atoms with Gasteiger partial charge in [0, 0.05) is 11.6 Å². The van der Waals surface area contributed by atoms with Gasteiger partial charge in [0.15, 0.2) is 5.76 Å². The molecule has 1 N–H and O–H groups in total. The molecule has 0 atom stereocenters. The van der Waals surface area contributed by atoms with E-state index in [4.69, 9.17) is 4.52 Å². The largest absolute Gasteiger partial charge is 0.359 e. The van der Waals surface area contributed by atoms with Crippen LogP contribution in [0.2, 0.25) is 0 Å². The van der Waals surface area contributed by atoms with Gasteiger partial charge in [0.25, 0.3) is 0 Å². The molecule has 0 aliphatic carbocycles. The van der Waals surface area contributed by atoms with E-state index in [1.165, 1.54) is 12.8 Å². The van der Waals surface area contributed by atoms with Crippen molar-refractivity contribution in [3.63, 3.8) is 0 Å². The predicted molar refractivity (Wildman–Crippen MR) is 83.9 cm³/mol. The van der Waals surface area contributed by atoms with Gasteiger partial charge >= 0.3 is 0 Å². The van der Waals surface area contributed by atoms with Crippen LogP contribution in [0.4, 0.5) is 0 Å². The average Bonchev–Trinajstić information content (AvgIpc) is 2.99. The number of hydrogen-bond donors (Lipinski definition) is 1. The zero-order valence-electron chi connectivity index (χ0n) is 12.6. The molecule has 1 fully saturated rings. The van der Waals surface area contributed by atoms with E-state index < -0.39 is 0 Å². The first kappa shape index (κ1) is 14.3. The molecule has 1 aliphatic heterocycles. The summed E-state index contributed by atoms with van der Waals surface area (Å²) >= 11 is 0. The van der Waals surface area contributed by atoms with E-state index in [1.54, 1.807) is 0 Å². The van der Waals surface area contributed by atoms with E-state index in [0.29, 0.717) is 0 Å². The normalized spacial score (nSPS) is 17.2. The van der Waals surface area contributed by atoms with Crippen molar-refractivity contribution >= 4 is 0 Å². The van der Waals surface area contributed by atoms with Crippen molar-refractivity contribution in [3.8, 4) is 11.3 Å². The van der Waals surface area contributed by atoms with Gasteiger partial charge in [0.1, 0.15) is 5.69 Å². The summed E-state index contributed by atoms with van der Waals surface area (Å²) in [5, 5.41) is 7.46. The molecule has 4 heteroatoms. The van der Waals surface area contributed by atoms with Crippen molar-refractivity contribution in [2.24, 2.45) is 5.92 Å². The van der Waals surface area contributed by atoms with Gasteiger partial charge < -0.3 is 9.84 Å². The number of nitrogens with zero attached hydrogens (tertiary/aromatic N) is 2. The quantitative estimate of drug-likeness (QED) is 0.917. The zero-order chi connectivity index (χ0) is 14.5. The molecule has 0 amide bonds. The highest BCUT2D eigenvalue weighted by molar-refractivity contribution is 5.58. The van der Waals surface area contributed by atoms with Crippen molar-refractivity contribution in [1.29, 1.82) is 0 Å². The van der Waals surface area contributed by atoms with Crippen LogP contribution in [0.5, 0.6) is 0 Å². The van der Waals surface area contributed by atoms with Crippen LogP contribution in [0.1, 0.15) is 18.6 Å². The summed E-state index contributed by atoms with van der Waals surface area (Å²) < 4.78 is 5.49. The number of likely N-dealkylation sites (tertiary alicyclic amines) is 1. The summed E-state index contributed by atoms with van der Waals surface area (Å²) in [6.45, 7) is 4.29. The summed E-state index contributed by atoms with van der Waals surface area (Å²) in [5.74, 6) is 1.78. The average molecular weight is 285 g/mol. The molecule has 21 heavy (non-hydrogen) atoms. The fourth-order valence-electron chi connectivity index (χ4n) is 2.99. The number of piperidine rings is 1. The van der Waals surface area contributed by atoms with Crippen molar-refractivity contribution in [3.05, 3.63) is 42.2 Å². The van der Waals surface area contributed by atoms with Crippen molar-refractivity contribution in [2.45, 2.75) is 19.4 Å². The summed E-state index contributed by atoms with van der Waals surface area (Å²) in [5.41, 5.74) is 2.04. The molecule has 4 nitrogen and oxygen atoms in total. The third-order valence-electron chi connectivity index (χ3n) is 4.21. The van der Waals surface area contributed by atoms with Crippen LogP contribution in [-0.2, 0) is 6.54 Å². The van der Waals surface area contributed by atoms with Crippen LogP contribution in [-0.4, -0.2) is 36.7 Å². The predicted octanol–water partition coefficient (Wildman–Crippen LogP) is 2.77. The second kappa shape index (κ2) is 6.87. The van der Waals surface area contributed by atoms with Gasteiger partial charge in [-0.2, -0.15) is 0 Å². The Bertz CT molecular complexity index is 544. The Morgan fingerprint density at radius 2 is 2.00 bits per heavy atom. The lowest BCUT2D eigenvalue weighted by atomic mass is 9.97. The highest BCUT2D eigenvalue weighted by Crippen LogP contribution is 2.22. The van der Waals surface area contributed by atoms with E-state index in [1.807, 2.05) is 25.2 Å². The lowest BCUT2D eigenvalue weighted by molar-refractivity contribution is 0.161. The van der Waals surface area contributed by atoms with Gasteiger partial charge in [-0.1, -0.05) is 35.5 Å². The molecule has 0 spiro atoms. The summed E-state index contributed by atoms with van der Waals surface area (Å²) in [6, 6.07) is 12.2. The molecular formula is C17H23N3O. The Hall–Kier alpha value is -1.65. The van der Waals surface area contributed by atoms with Gasteiger partial charge in [-0.05, 0) is 45.4 Å². The zero-order valence-corrected chi connectivity index (χ0v) is 12.6. The number of rotatable bonds is 5. The Kier molecular flexibility index (Phi) is 4.68. The Balaban J connectivity index is 1.56. The van der Waals surface area contributed by atoms with Crippen LogP contribution in [0.3, 0.4) is 0 Å². The topological polar surface area (TPSA) is 41.3 Å². The third-order valence-corrected chi connectivity index (χ3v) is 4.21. The molecule has 2 aromatic rings. The maximum Gasteiger partial charge on any atom is 0.151 e. The molecule has 0 saturated carbocycles. The van der Waals surface area contributed by atoms with E-state index in [2.05, 4.69) is 33.6 Å². The van der Waals surface area contributed by atoms with Crippen molar-refractivity contribution in [2.75, 3.05) is 26.7 Å². The summed E-state index contributed by atoms with van der Waals surface area (Å²) in [7, 11) is 2.03. The van der Waals surface area contributed by atoms with E-state index >= 15 is 0 Å². The fourth-order valence-corrected chi connectivity index (χ4v) is 2.99. The van der Waals surface area contributed by atoms with Gasteiger partial charge in [-0.3, -0.25) is 4.90 Å². The first-order valence-corrected chi connectivity index (χ1v) is 7.73. The number of hydrogen-bond acceptors (Lipinski definition) is 4. The molecule has 1 aromatic carbocycles. The molecule has 112 valence electrons. The number of aromatic nitrogens is 1. The molecule has 0 radical (unpaired) electrons. The summed E-state index contributed by atoms with van der Waals surface area (Å²) in [4.78, 5) is 2.46. The number of nitrogens with one attached hydrogen (secondary N) is 1. The first-order chi connectivity index (χ1) is 10.3. The van der Waals surface area contributed by atoms with E-state index in [9.17, 15) is 0 Å². The number of benzene rings is 1. The Morgan fingerprint density at radius 1 is 1.24 bits per heavy atom. The SMILES string of the molecule is CNCC1CCN(Cc2cc(-c3ccccc3)no2)CC1. The maximum absolute atomic E-state index is 5.49. The fraction of sp³-hybridized carbons (Fsp3) is 0.471. The molecular weight excluding hydrogens is 262 g/mol. The monoisotopic (exact) mass is 285 g/mol. The first-order valence-electron chi connectivity index (χ1n) is 7.73. The van der Waals surface area contributed by atoms with Crippen LogP contribution in [0.25, 0.3) is 11.3 Å². The molecule has 3 rings (SSSR count). The van der Waals surface area contributed by atoms with E-state index in [0.717, 1.165) is 49.1 Å². The van der Waals surface area contributed by atoms with Gasteiger partial charge in [-0.15, -0.1) is 0 Å². The van der Waals surface area contributed by atoms with Gasteiger partial charge in [0.05, 0.1) is 6.54 Å². The summed E-state index contributed by atoms with van der Waals surface area (Å²) in [6.07, 6.45) is 2.53. The molecule has 0 bridgehead atoms. The van der Waals surface area contributed by atoms with Gasteiger partial charge in [-0.25, -0.2) is 0 Å². The highest BCUT2D eigenvalue weighted by Gasteiger charge is 2.19. The molecule has 2 heterocycles. The molecule has 1 aromatic heterocycles. The smallest absolute Gasteiger partial charge is 0.151 e. The van der Waals surface area contributed by atoms with Crippen molar-refractivity contribution < 1.29 is 4.52 Å². The standard InChI is InChI=1S/C17H23N3O/c1-18-12-14-7-9-20(10-8-14)13-16-11-17(19-21-16)15-5-3-2-4-6-15/h2-6,11,14,18H,7-10,12-13H2,1H3. The minimum absolute atomic E-state index is 0.820. The van der Waals surface area contributed by atoms with Gasteiger partial charge in [0.2, 0.25) is 0 Å². The lowest BCUT2D eigenvalue weighted by Crippen LogP contribution is -2.36. The molecule has 0 unspecified atom stereocenters. The maximum atomic E-state index is 5.49. The van der Waals surface area contributed by atoms with Crippen LogP contribution < -0.4 is 5.32 Å². The lowest BCUT2D eigenvalue weighted by Gasteiger charge is -2.30. The van der Waals surface area contributed by atoms with Crippen LogP contribution in [0.15, 0.2) is 40.9 Å². The van der Waals surface area contributed by atoms with Crippen molar-refractivity contribution in [1.82, 2.24) is 15.4 Å². The molecule has 1 saturated heterocycles. The highest BCUT2D eigenvalue weighted by atomic mass is 16.5. The second-order valence-corrected chi connectivity index (χ2v) is 5.82. The molecule has 1 aliphatic rings. The van der Waals surface area contributed by atoms with Crippen LogP contribution >= 0.6 is 0 Å². The van der Waals surface area contributed by atoms with Crippen LogP contribution in [0, 0.1) is 5.92 Å². The third kappa shape index (κ3) is 3.71. The minimum Gasteiger partial charge on any atom is -0.359 e. The Morgan fingerprint density at radius 3 is 2.71 bits per heavy atom. The van der Waals surface area contributed by atoms with E-state index in [-0.39, 0.29) is 0 Å².